The molecule has 0 aromatic heterocycles. The molecule has 2 aromatic rings. The van der Waals surface area contributed by atoms with Crippen molar-refractivity contribution in [1.29, 1.82) is 0 Å². The van der Waals surface area contributed by atoms with E-state index in [1.807, 2.05) is 0 Å². The lowest BCUT2D eigenvalue weighted by atomic mass is 10.1. The molecule has 1 amide bonds. The molecule has 0 saturated carbocycles. The molecule has 0 saturated heterocycles. The standard InChI is InChI=1S/C17H18ClFN2O3S/c1-21(2)25(23,24)16-11-13(5-8-15(16)18)17(22)20-10-9-12-3-6-14(19)7-4-12/h3-8,11H,9-10H2,1-2H3,(H,20,22). The van der Waals surface area contributed by atoms with Crippen LogP contribution in [0.1, 0.15) is 15.9 Å². The summed E-state index contributed by atoms with van der Waals surface area (Å²) >= 11 is 5.96. The molecule has 5 nitrogen and oxygen atoms in total. The quantitative estimate of drug-likeness (QED) is 0.832. The van der Waals surface area contributed by atoms with Gasteiger partial charge in [0, 0.05) is 26.2 Å². The third-order valence-corrected chi connectivity index (χ3v) is 5.86. The molecule has 0 spiro atoms. The largest absolute Gasteiger partial charge is 0.352 e. The van der Waals surface area contributed by atoms with Crippen molar-refractivity contribution >= 4 is 27.5 Å². The van der Waals surface area contributed by atoms with Crippen LogP contribution >= 0.6 is 11.6 Å². The van der Waals surface area contributed by atoms with Gasteiger partial charge in [0.05, 0.1) is 5.02 Å². The Bertz CT molecular complexity index is 868. The van der Waals surface area contributed by atoms with Gasteiger partial charge in [-0.15, -0.1) is 0 Å². The van der Waals surface area contributed by atoms with E-state index in [4.69, 9.17) is 11.6 Å². The predicted octanol–water partition coefficient (Wildman–Crippen LogP) is 2.70. The minimum Gasteiger partial charge on any atom is -0.352 e. The molecule has 25 heavy (non-hydrogen) atoms. The number of rotatable bonds is 6. The molecule has 0 bridgehead atoms. The molecule has 0 fully saturated rings. The maximum Gasteiger partial charge on any atom is 0.251 e. The van der Waals surface area contributed by atoms with Crippen molar-refractivity contribution in [1.82, 2.24) is 9.62 Å². The molecule has 2 rings (SSSR count). The van der Waals surface area contributed by atoms with E-state index in [1.54, 1.807) is 12.1 Å². The van der Waals surface area contributed by atoms with Crippen molar-refractivity contribution in [3.63, 3.8) is 0 Å². The first-order valence-electron chi connectivity index (χ1n) is 7.46. The molecular formula is C17H18ClFN2O3S. The van der Waals surface area contributed by atoms with Gasteiger partial charge in [-0.1, -0.05) is 23.7 Å². The molecule has 2 aromatic carbocycles. The molecule has 0 aliphatic heterocycles. The van der Waals surface area contributed by atoms with Gasteiger partial charge in [0.15, 0.2) is 0 Å². The zero-order valence-corrected chi connectivity index (χ0v) is 15.4. The number of hydrogen-bond acceptors (Lipinski definition) is 3. The van der Waals surface area contributed by atoms with Crippen molar-refractivity contribution in [2.24, 2.45) is 0 Å². The van der Waals surface area contributed by atoms with Gasteiger partial charge in [-0.25, -0.2) is 17.1 Å². The van der Waals surface area contributed by atoms with Crippen LogP contribution in [0.3, 0.4) is 0 Å². The first-order chi connectivity index (χ1) is 11.7. The summed E-state index contributed by atoms with van der Waals surface area (Å²) in [6.45, 7) is 0.336. The monoisotopic (exact) mass is 384 g/mol. The minimum atomic E-state index is -3.75. The van der Waals surface area contributed by atoms with Crippen LogP contribution in [0.2, 0.25) is 5.02 Å². The highest BCUT2D eigenvalue weighted by Gasteiger charge is 2.22. The first kappa shape index (κ1) is 19.4. The van der Waals surface area contributed by atoms with Crippen LogP contribution in [0, 0.1) is 5.82 Å². The molecule has 0 aliphatic carbocycles. The van der Waals surface area contributed by atoms with Crippen LogP contribution in [-0.4, -0.2) is 39.3 Å². The lowest BCUT2D eigenvalue weighted by Crippen LogP contribution is -2.27. The molecular weight excluding hydrogens is 367 g/mol. The van der Waals surface area contributed by atoms with Gasteiger partial charge in [-0.05, 0) is 42.3 Å². The number of carbonyl (C=O) groups excluding carboxylic acids is 1. The van der Waals surface area contributed by atoms with Crippen molar-refractivity contribution in [2.75, 3.05) is 20.6 Å². The molecule has 8 heteroatoms. The maximum atomic E-state index is 12.8. The number of sulfonamides is 1. The van der Waals surface area contributed by atoms with Gasteiger partial charge < -0.3 is 5.32 Å². The van der Waals surface area contributed by atoms with Crippen molar-refractivity contribution in [3.05, 3.63) is 64.4 Å². The van der Waals surface area contributed by atoms with Gasteiger partial charge in [0.1, 0.15) is 10.7 Å². The molecule has 0 atom stereocenters. The molecule has 0 aliphatic rings. The average Bonchev–Trinajstić information content (AvgIpc) is 2.56. The van der Waals surface area contributed by atoms with Crippen molar-refractivity contribution < 1.29 is 17.6 Å². The first-order valence-corrected chi connectivity index (χ1v) is 9.28. The lowest BCUT2D eigenvalue weighted by Gasteiger charge is -2.14. The van der Waals surface area contributed by atoms with E-state index >= 15 is 0 Å². The van der Waals surface area contributed by atoms with Crippen LogP contribution in [0.4, 0.5) is 4.39 Å². The van der Waals surface area contributed by atoms with E-state index in [0.29, 0.717) is 13.0 Å². The number of halogens is 2. The summed E-state index contributed by atoms with van der Waals surface area (Å²) in [4.78, 5) is 12.1. The maximum absolute atomic E-state index is 12.8. The molecule has 134 valence electrons. The second-order valence-electron chi connectivity index (χ2n) is 5.56. The highest BCUT2D eigenvalue weighted by Crippen LogP contribution is 2.24. The molecule has 0 heterocycles. The van der Waals surface area contributed by atoms with Crippen LogP contribution in [0.25, 0.3) is 0 Å². The Hall–Kier alpha value is -1.96. The second kappa shape index (κ2) is 7.95. The molecule has 0 radical (unpaired) electrons. The normalized spacial score (nSPS) is 11.6. The number of nitrogens with one attached hydrogen (secondary N) is 1. The summed E-state index contributed by atoms with van der Waals surface area (Å²) in [5, 5.41) is 2.76. The van der Waals surface area contributed by atoms with Gasteiger partial charge >= 0.3 is 0 Å². The topological polar surface area (TPSA) is 66.5 Å². The van der Waals surface area contributed by atoms with E-state index in [9.17, 15) is 17.6 Å². The van der Waals surface area contributed by atoms with Gasteiger partial charge in [0.25, 0.3) is 5.91 Å². The third-order valence-electron chi connectivity index (χ3n) is 3.56. The van der Waals surface area contributed by atoms with Crippen LogP contribution in [0.5, 0.6) is 0 Å². The summed E-state index contributed by atoms with van der Waals surface area (Å²) in [6.07, 6.45) is 0.530. The Morgan fingerprint density at radius 2 is 1.80 bits per heavy atom. The Morgan fingerprint density at radius 3 is 2.40 bits per heavy atom. The van der Waals surface area contributed by atoms with E-state index in [0.717, 1.165) is 9.87 Å². The zero-order valence-electron chi connectivity index (χ0n) is 13.8. The Morgan fingerprint density at radius 1 is 1.16 bits per heavy atom. The Kier molecular flexibility index (Phi) is 6.16. The van der Waals surface area contributed by atoms with Crippen molar-refractivity contribution in [2.45, 2.75) is 11.3 Å². The number of carbonyl (C=O) groups is 1. The SMILES string of the molecule is CN(C)S(=O)(=O)c1cc(C(=O)NCCc2ccc(F)cc2)ccc1Cl. The molecule has 1 N–H and O–H groups in total. The number of hydrogen-bond donors (Lipinski definition) is 1. The fourth-order valence-corrected chi connectivity index (χ4v) is 3.51. The Balaban J connectivity index is 2.08. The van der Waals surface area contributed by atoms with E-state index in [-0.39, 0.29) is 21.3 Å². The highest BCUT2D eigenvalue weighted by molar-refractivity contribution is 7.89. The minimum absolute atomic E-state index is 0.0524. The van der Waals surface area contributed by atoms with Crippen molar-refractivity contribution in [3.8, 4) is 0 Å². The zero-order chi connectivity index (χ0) is 18.6. The van der Waals surface area contributed by atoms with E-state index in [1.165, 1.54) is 44.4 Å². The fourth-order valence-electron chi connectivity index (χ4n) is 2.11. The summed E-state index contributed by atoms with van der Waals surface area (Å²) in [5.41, 5.74) is 1.08. The highest BCUT2D eigenvalue weighted by atomic mass is 35.5. The number of benzene rings is 2. The fraction of sp³-hybridized carbons (Fsp3) is 0.235. The predicted molar refractivity (Wildman–Crippen MR) is 94.8 cm³/mol. The van der Waals surface area contributed by atoms with E-state index < -0.39 is 15.9 Å². The van der Waals surface area contributed by atoms with Crippen LogP contribution in [0.15, 0.2) is 47.4 Å². The van der Waals surface area contributed by atoms with E-state index in [2.05, 4.69) is 5.32 Å². The molecule has 0 unspecified atom stereocenters. The summed E-state index contributed by atoms with van der Waals surface area (Å²) in [6, 6.07) is 10.1. The van der Waals surface area contributed by atoms with Gasteiger partial charge in [-0.3, -0.25) is 4.79 Å². The van der Waals surface area contributed by atoms with Gasteiger partial charge in [-0.2, -0.15) is 0 Å². The third kappa shape index (κ3) is 4.78. The summed E-state index contributed by atoms with van der Waals surface area (Å²) in [7, 11) is -0.965. The summed E-state index contributed by atoms with van der Waals surface area (Å²) in [5.74, 6) is -0.724. The van der Waals surface area contributed by atoms with Crippen LogP contribution < -0.4 is 5.32 Å². The second-order valence-corrected chi connectivity index (χ2v) is 8.09. The smallest absolute Gasteiger partial charge is 0.251 e. The lowest BCUT2D eigenvalue weighted by molar-refractivity contribution is 0.0954. The number of amides is 1. The number of nitrogens with zero attached hydrogens (tertiary/aromatic N) is 1. The van der Waals surface area contributed by atoms with Crippen LogP contribution in [-0.2, 0) is 16.4 Å². The van der Waals surface area contributed by atoms with Gasteiger partial charge in [0.2, 0.25) is 10.0 Å². The average molecular weight is 385 g/mol. The summed E-state index contributed by atoms with van der Waals surface area (Å²) < 4.78 is 38.3. The Labute approximate surface area is 151 Å².